The van der Waals surface area contributed by atoms with Crippen molar-refractivity contribution >= 4 is 35.0 Å². The highest BCUT2D eigenvalue weighted by Crippen LogP contribution is 2.58. The highest BCUT2D eigenvalue weighted by molar-refractivity contribution is 6.42. The van der Waals surface area contributed by atoms with Crippen molar-refractivity contribution in [3.63, 3.8) is 0 Å². The van der Waals surface area contributed by atoms with Gasteiger partial charge in [0, 0.05) is 24.6 Å². The van der Waals surface area contributed by atoms with E-state index in [2.05, 4.69) is 50.0 Å². The fourth-order valence-corrected chi connectivity index (χ4v) is 8.03. The van der Waals surface area contributed by atoms with Crippen molar-refractivity contribution in [3.8, 4) is 0 Å². The molecule has 5 nitrogen and oxygen atoms in total. The second-order valence-corrected chi connectivity index (χ2v) is 13.7. The molecular formula is C35H41Cl2N3O2. The van der Waals surface area contributed by atoms with Crippen LogP contribution in [0.3, 0.4) is 0 Å². The van der Waals surface area contributed by atoms with Gasteiger partial charge in [-0.3, -0.25) is 9.59 Å². The zero-order valence-electron chi connectivity index (χ0n) is 24.9. The molecule has 42 heavy (non-hydrogen) atoms. The molecule has 0 aromatic heterocycles. The molecule has 0 spiro atoms. The zero-order valence-corrected chi connectivity index (χ0v) is 26.4. The highest BCUT2D eigenvalue weighted by Gasteiger charge is 2.64. The van der Waals surface area contributed by atoms with Crippen LogP contribution in [0, 0.1) is 5.92 Å². The van der Waals surface area contributed by atoms with Gasteiger partial charge in [0.25, 0.3) is 5.91 Å². The lowest BCUT2D eigenvalue weighted by atomic mass is 9.51. The molecule has 2 heterocycles. The number of hydrogen-bond donors (Lipinski definition) is 2. The first kappa shape index (κ1) is 30.6. The molecule has 4 unspecified atom stereocenters. The SMILES string of the molecule is CCC1(C2CCNC2)C(c2ccc(Cl)c(Cl)c2)C(C(N)=O)(c2ccccc2)CCN1C(=O)c1ccc(C(C)(C)C)cc1. The predicted molar refractivity (Wildman–Crippen MR) is 171 cm³/mol. The Bertz CT molecular complexity index is 1450. The smallest absolute Gasteiger partial charge is 0.254 e. The van der Waals surface area contributed by atoms with Gasteiger partial charge >= 0.3 is 0 Å². The molecule has 2 aliphatic heterocycles. The summed E-state index contributed by atoms with van der Waals surface area (Å²) in [6.45, 7) is 10.6. The van der Waals surface area contributed by atoms with Gasteiger partial charge < -0.3 is 16.0 Å². The van der Waals surface area contributed by atoms with E-state index in [9.17, 15) is 9.59 Å². The minimum absolute atomic E-state index is 0.0227. The normalized spacial score (nSPS) is 26.3. The van der Waals surface area contributed by atoms with Gasteiger partial charge in [-0.15, -0.1) is 0 Å². The molecule has 5 rings (SSSR count). The second-order valence-electron chi connectivity index (χ2n) is 12.9. The number of likely N-dealkylation sites (tertiary alicyclic amines) is 1. The number of rotatable bonds is 6. The molecular weight excluding hydrogens is 565 g/mol. The van der Waals surface area contributed by atoms with E-state index in [0.29, 0.717) is 35.0 Å². The number of nitrogens with two attached hydrogens (primary N) is 1. The molecule has 4 atom stereocenters. The topological polar surface area (TPSA) is 75.4 Å². The van der Waals surface area contributed by atoms with Crippen LogP contribution in [-0.4, -0.2) is 41.9 Å². The van der Waals surface area contributed by atoms with E-state index in [1.807, 2.05) is 54.6 Å². The van der Waals surface area contributed by atoms with E-state index in [1.54, 1.807) is 6.07 Å². The maximum absolute atomic E-state index is 14.6. The van der Waals surface area contributed by atoms with Crippen molar-refractivity contribution < 1.29 is 9.59 Å². The Morgan fingerprint density at radius 2 is 1.69 bits per heavy atom. The number of benzene rings is 3. The number of piperidine rings is 1. The van der Waals surface area contributed by atoms with Crippen LogP contribution in [0.15, 0.2) is 72.8 Å². The predicted octanol–water partition coefficient (Wildman–Crippen LogP) is 7.10. The number of amides is 2. The summed E-state index contributed by atoms with van der Waals surface area (Å²) in [6, 6.07) is 23.4. The fraction of sp³-hybridized carbons (Fsp3) is 0.429. The van der Waals surface area contributed by atoms with Crippen LogP contribution in [-0.2, 0) is 15.6 Å². The number of nitrogens with one attached hydrogen (secondary N) is 1. The Hall–Kier alpha value is -2.86. The number of carbonyl (C=O) groups excluding carboxylic acids is 2. The quantitative estimate of drug-likeness (QED) is 0.314. The Morgan fingerprint density at radius 1 is 1.00 bits per heavy atom. The summed E-state index contributed by atoms with van der Waals surface area (Å²) in [4.78, 5) is 30.7. The molecule has 0 radical (unpaired) electrons. The van der Waals surface area contributed by atoms with Crippen LogP contribution < -0.4 is 11.1 Å². The van der Waals surface area contributed by atoms with Crippen LogP contribution in [0.5, 0.6) is 0 Å². The summed E-state index contributed by atoms with van der Waals surface area (Å²) in [5.41, 5.74) is 8.19. The Labute approximate surface area is 259 Å². The molecule has 2 aliphatic rings. The van der Waals surface area contributed by atoms with Gasteiger partial charge in [-0.25, -0.2) is 0 Å². The van der Waals surface area contributed by atoms with E-state index in [1.165, 1.54) is 5.56 Å². The van der Waals surface area contributed by atoms with E-state index in [-0.39, 0.29) is 17.2 Å². The molecule has 2 fully saturated rings. The van der Waals surface area contributed by atoms with Crippen molar-refractivity contribution in [2.24, 2.45) is 11.7 Å². The van der Waals surface area contributed by atoms with Crippen molar-refractivity contribution in [2.75, 3.05) is 19.6 Å². The van der Waals surface area contributed by atoms with Crippen LogP contribution in [0.25, 0.3) is 0 Å². The van der Waals surface area contributed by atoms with Gasteiger partial charge in [0.1, 0.15) is 0 Å². The average molecular weight is 607 g/mol. The number of nitrogens with zero attached hydrogens (tertiary/aromatic N) is 1. The summed E-state index contributed by atoms with van der Waals surface area (Å²) in [5.74, 6) is -0.792. The van der Waals surface area contributed by atoms with Crippen LogP contribution in [0.4, 0.5) is 0 Å². The van der Waals surface area contributed by atoms with Crippen LogP contribution in [0.1, 0.15) is 79.9 Å². The fourth-order valence-electron chi connectivity index (χ4n) is 7.72. The molecule has 7 heteroatoms. The molecule has 3 aromatic rings. The monoisotopic (exact) mass is 605 g/mol. The lowest BCUT2D eigenvalue weighted by Crippen LogP contribution is -2.70. The largest absolute Gasteiger partial charge is 0.369 e. The maximum Gasteiger partial charge on any atom is 0.254 e. The average Bonchev–Trinajstić information content (AvgIpc) is 3.53. The standard InChI is InChI=1S/C35H41Cl2N3O2/c1-5-35(27-17-19-39-22-27)30(24-13-16-28(36)29(37)21-24)34(32(38)42,26-9-7-6-8-10-26)18-20-40(35)31(41)23-11-14-25(15-12-23)33(2,3)4/h6-16,21,27,30,39H,5,17-20,22H2,1-4H3,(H2,38,42). The maximum atomic E-state index is 14.6. The summed E-state index contributed by atoms with van der Waals surface area (Å²) in [7, 11) is 0. The molecule has 2 amide bonds. The van der Waals surface area contributed by atoms with Crippen LogP contribution >= 0.6 is 23.2 Å². The van der Waals surface area contributed by atoms with Gasteiger partial charge in [-0.1, -0.05) is 99.4 Å². The highest BCUT2D eigenvalue weighted by atomic mass is 35.5. The number of primary amides is 1. The van der Waals surface area contributed by atoms with Gasteiger partial charge in [0.2, 0.25) is 5.91 Å². The first-order valence-electron chi connectivity index (χ1n) is 14.9. The van der Waals surface area contributed by atoms with E-state index < -0.39 is 22.8 Å². The summed E-state index contributed by atoms with van der Waals surface area (Å²) in [6.07, 6.45) is 1.91. The molecule has 0 aliphatic carbocycles. The van der Waals surface area contributed by atoms with Crippen molar-refractivity contribution in [1.29, 1.82) is 0 Å². The van der Waals surface area contributed by atoms with Gasteiger partial charge in [0.05, 0.1) is 21.0 Å². The molecule has 0 saturated carbocycles. The third kappa shape index (κ3) is 5.04. The van der Waals surface area contributed by atoms with E-state index in [4.69, 9.17) is 28.9 Å². The molecule has 0 bridgehead atoms. The second kappa shape index (κ2) is 11.7. The first-order valence-corrected chi connectivity index (χ1v) is 15.7. The van der Waals surface area contributed by atoms with Gasteiger partial charge in [-0.2, -0.15) is 0 Å². The van der Waals surface area contributed by atoms with Crippen molar-refractivity contribution in [3.05, 3.63) is 105 Å². The number of halogens is 2. The lowest BCUT2D eigenvalue weighted by Gasteiger charge is -2.61. The molecule has 3 N–H and O–H groups in total. The Kier molecular flexibility index (Phi) is 8.50. The third-order valence-corrected chi connectivity index (χ3v) is 10.5. The Morgan fingerprint density at radius 3 is 2.24 bits per heavy atom. The van der Waals surface area contributed by atoms with Crippen molar-refractivity contribution in [1.82, 2.24) is 10.2 Å². The Balaban J connectivity index is 1.77. The first-order chi connectivity index (χ1) is 20.0. The van der Waals surface area contributed by atoms with E-state index >= 15 is 0 Å². The van der Waals surface area contributed by atoms with Gasteiger partial charge in [0.15, 0.2) is 0 Å². The summed E-state index contributed by atoms with van der Waals surface area (Å²) < 4.78 is 0. The number of hydrogen-bond acceptors (Lipinski definition) is 3. The molecule has 3 aromatic carbocycles. The summed E-state index contributed by atoms with van der Waals surface area (Å²) >= 11 is 13.1. The molecule has 222 valence electrons. The third-order valence-electron chi connectivity index (χ3n) is 9.81. The van der Waals surface area contributed by atoms with Gasteiger partial charge in [-0.05, 0) is 78.1 Å². The van der Waals surface area contributed by atoms with E-state index in [0.717, 1.165) is 30.6 Å². The minimum Gasteiger partial charge on any atom is -0.369 e. The molecule has 2 saturated heterocycles. The lowest BCUT2D eigenvalue weighted by molar-refractivity contribution is -0.131. The summed E-state index contributed by atoms with van der Waals surface area (Å²) in [5, 5.41) is 4.39. The van der Waals surface area contributed by atoms with Crippen LogP contribution in [0.2, 0.25) is 10.0 Å². The minimum atomic E-state index is -1.07. The number of carbonyl (C=O) groups is 2. The van der Waals surface area contributed by atoms with Crippen molar-refractivity contribution in [2.45, 2.75) is 69.2 Å². The zero-order chi connectivity index (χ0) is 30.3.